The van der Waals surface area contributed by atoms with Gasteiger partial charge in [0, 0.05) is 49.7 Å². The Labute approximate surface area is 177 Å². The summed E-state index contributed by atoms with van der Waals surface area (Å²) >= 11 is 3.45. The molecular formula is C22H21BrO6. The number of carbonyl (C=O) groups is 3. The van der Waals surface area contributed by atoms with Crippen LogP contribution >= 0.6 is 15.9 Å². The number of esters is 1. The third-order valence-corrected chi connectivity index (χ3v) is 6.06. The predicted molar refractivity (Wildman–Crippen MR) is 108 cm³/mol. The molecule has 1 aromatic carbocycles. The number of Topliss-reactive ketones (excluding diaryl/α,β-unsaturated/α-hetero) is 2. The maximum absolute atomic E-state index is 12.9. The quantitative estimate of drug-likeness (QED) is 0.487. The molecule has 1 aromatic rings. The van der Waals surface area contributed by atoms with Gasteiger partial charge < -0.3 is 14.2 Å². The average Bonchev–Trinajstić information content (AvgIpc) is 2.68. The first-order valence-electron chi connectivity index (χ1n) is 9.67. The minimum Gasteiger partial charge on any atom is -0.493 e. The highest BCUT2D eigenvalue weighted by molar-refractivity contribution is 9.10. The molecular weight excluding hydrogens is 440 g/mol. The van der Waals surface area contributed by atoms with Crippen LogP contribution in [0.25, 0.3) is 0 Å². The third kappa shape index (κ3) is 3.52. The number of halogens is 1. The molecule has 0 N–H and O–H groups in total. The molecule has 0 saturated heterocycles. The van der Waals surface area contributed by atoms with Gasteiger partial charge in [-0.3, -0.25) is 14.4 Å². The van der Waals surface area contributed by atoms with Crippen LogP contribution in [0.1, 0.15) is 56.9 Å². The number of benzene rings is 1. The highest BCUT2D eigenvalue weighted by Crippen LogP contribution is 2.50. The topological polar surface area (TPSA) is 78.9 Å². The van der Waals surface area contributed by atoms with Crippen molar-refractivity contribution in [2.75, 3.05) is 7.11 Å². The van der Waals surface area contributed by atoms with E-state index in [1.165, 1.54) is 14.0 Å². The molecule has 0 amide bonds. The van der Waals surface area contributed by atoms with Gasteiger partial charge in [-0.05, 0) is 46.5 Å². The Balaban J connectivity index is 1.91. The maximum Gasteiger partial charge on any atom is 0.308 e. The first kappa shape index (κ1) is 19.9. The zero-order chi connectivity index (χ0) is 20.7. The summed E-state index contributed by atoms with van der Waals surface area (Å²) in [4.78, 5) is 37.2. The maximum atomic E-state index is 12.9. The van der Waals surface area contributed by atoms with Crippen molar-refractivity contribution in [3.05, 3.63) is 44.8 Å². The summed E-state index contributed by atoms with van der Waals surface area (Å²) in [5.41, 5.74) is 1.87. The van der Waals surface area contributed by atoms with Gasteiger partial charge in [0.15, 0.2) is 23.1 Å². The number of methoxy groups -OCH3 is 1. The smallest absolute Gasteiger partial charge is 0.308 e. The van der Waals surface area contributed by atoms with Gasteiger partial charge in [0.25, 0.3) is 0 Å². The highest BCUT2D eigenvalue weighted by Gasteiger charge is 2.42. The Kier molecular flexibility index (Phi) is 5.34. The molecule has 7 heteroatoms. The van der Waals surface area contributed by atoms with Crippen molar-refractivity contribution >= 4 is 33.5 Å². The van der Waals surface area contributed by atoms with E-state index in [0.717, 1.165) is 18.4 Å². The van der Waals surface area contributed by atoms with Crippen LogP contribution in [0.15, 0.2) is 39.3 Å². The number of hydrogen-bond donors (Lipinski definition) is 0. The van der Waals surface area contributed by atoms with Crippen molar-refractivity contribution in [2.45, 2.75) is 51.4 Å². The summed E-state index contributed by atoms with van der Waals surface area (Å²) in [5.74, 6) is 1.04. The lowest BCUT2D eigenvalue weighted by molar-refractivity contribution is -0.132. The van der Waals surface area contributed by atoms with Gasteiger partial charge in [-0.25, -0.2) is 0 Å². The molecule has 4 rings (SSSR count). The zero-order valence-electron chi connectivity index (χ0n) is 16.3. The standard InChI is InChI=1S/C22H21BrO6/c1-11(24)28-22-13(23)9-12(10-18(22)27-2)19-20-14(25)5-3-7-16(20)29-17-8-4-6-15(26)21(17)19/h9-10,19H,3-8H2,1-2H3. The first-order chi connectivity index (χ1) is 13.9. The molecule has 0 aromatic heterocycles. The van der Waals surface area contributed by atoms with E-state index in [4.69, 9.17) is 14.2 Å². The number of ether oxygens (including phenoxy) is 3. The normalized spacial score (nSPS) is 19.6. The number of carbonyl (C=O) groups excluding carboxylic acids is 3. The lowest BCUT2D eigenvalue weighted by Crippen LogP contribution is -2.30. The Hall–Kier alpha value is -2.41. The lowest BCUT2D eigenvalue weighted by atomic mass is 9.73. The van der Waals surface area contributed by atoms with Crippen LogP contribution in [0.3, 0.4) is 0 Å². The molecule has 0 saturated carbocycles. The van der Waals surface area contributed by atoms with Gasteiger partial charge in [0.2, 0.25) is 0 Å². The minimum absolute atomic E-state index is 0.0142. The molecule has 6 nitrogen and oxygen atoms in total. The predicted octanol–water partition coefficient (Wildman–Crippen LogP) is 4.51. The fourth-order valence-corrected chi connectivity index (χ4v) is 4.84. The van der Waals surface area contributed by atoms with E-state index in [9.17, 15) is 14.4 Å². The molecule has 1 aliphatic heterocycles. The largest absolute Gasteiger partial charge is 0.493 e. The highest BCUT2D eigenvalue weighted by atomic mass is 79.9. The number of hydrogen-bond acceptors (Lipinski definition) is 6. The van der Waals surface area contributed by atoms with E-state index >= 15 is 0 Å². The van der Waals surface area contributed by atoms with Gasteiger partial charge in [0.1, 0.15) is 11.5 Å². The molecule has 1 heterocycles. The SMILES string of the molecule is COc1cc(C2C3=C(CCCC3=O)OC3=C2C(=O)CCC3)cc(Br)c1OC(C)=O. The summed E-state index contributed by atoms with van der Waals surface area (Å²) in [6.07, 6.45) is 3.76. The molecule has 0 atom stereocenters. The fourth-order valence-electron chi connectivity index (χ4n) is 4.30. The van der Waals surface area contributed by atoms with E-state index in [1.807, 2.05) is 0 Å². The average molecular weight is 461 g/mol. The van der Waals surface area contributed by atoms with E-state index in [1.54, 1.807) is 12.1 Å². The summed E-state index contributed by atoms with van der Waals surface area (Å²) < 4.78 is 17.3. The van der Waals surface area contributed by atoms with Gasteiger partial charge >= 0.3 is 5.97 Å². The van der Waals surface area contributed by atoms with Crippen LogP contribution in [0.4, 0.5) is 0 Å². The van der Waals surface area contributed by atoms with E-state index in [0.29, 0.717) is 58.6 Å². The van der Waals surface area contributed by atoms with Crippen molar-refractivity contribution in [3.8, 4) is 11.5 Å². The number of allylic oxidation sites excluding steroid dienone is 4. The second-order valence-electron chi connectivity index (χ2n) is 7.39. The molecule has 0 unspecified atom stereocenters. The van der Waals surface area contributed by atoms with Gasteiger partial charge in [0.05, 0.1) is 11.6 Å². The zero-order valence-corrected chi connectivity index (χ0v) is 17.9. The van der Waals surface area contributed by atoms with Crippen molar-refractivity contribution in [2.24, 2.45) is 0 Å². The lowest BCUT2D eigenvalue weighted by Gasteiger charge is -2.36. The van der Waals surface area contributed by atoms with Crippen molar-refractivity contribution < 1.29 is 28.6 Å². The Bertz CT molecular complexity index is 945. The van der Waals surface area contributed by atoms with Crippen LogP contribution in [0.5, 0.6) is 11.5 Å². The second-order valence-corrected chi connectivity index (χ2v) is 8.24. The molecule has 152 valence electrons. The number of rotatable bonds is 3. The fraction of sp³-hybridized carbons (Fsp3) is 0.409. The van der Waals surface area contributed by atoms with Crippen LogP contribution in [-0.4, -0.2) is 24.6 Å². The van der Waals surface area contributed by atoms with Crippen molar-refractivity contribution in [3.63, 3.8) is 0 Å². The first-order valence-corrected chi connectivity index (χ1v) is 10.5. The van der Waals surface area contributed by atoms with Gasteiger partial charge in [-0.1, -0.05) is 0 Å². The van der Waals surface area contributed by atoms with Crippen LogP contribution in [0, 0.1) is 0 Å². The molecule has 0 bridgehead atoms. The Morgan fingerprint density at radius 3 is 2.14 bits per heavy atom. The van der Waals surface area contributed by atoms with E-state index in [-0.39, 0.29) is 17.3 Å². The van der Waals surface area contributed by atoms with E-state index in [2.05, 4.69) is 15.9 Å². The molecule has 0 radical (unpaired) electrons. The van der Waals surface area contributed by atoms with Crippen LogP contribution < -0.4 is 9.47 Å². The second kappa shape index (κ2) is 7.78. The molecule has 0 spiro atoms. The summed E-state index contributed by atoms with van der Waals surface area (Å²) in [6, 6.07) is 3.52. The summed E-state index contributed by atoms with van der Waals surface area (Å²) in [6.45, 7) is 1.31. The summed E-state index contributed by atoms with van der Waals surface area (Å²) in [7, 11) is 1.48. The van der Waals surface area contributed by atoms with Gasteiger partial charge in [-0.2, -0.15) is 0 Å². The molecule has 3 aliphatic rings. The Morgan fingerprint density at radius 2 is 1.62 bits per heavy atom. The molecule has 29 heavy (non-hydrogen) atoms. The van der Waals surface area contributed by atoms with Crippen LogP contribution in [-0.2, 0) is 19.1 Å². The van der Waals surface area contributed by atoms with Crippen LogP contribution in [0.2, 0.25) is 0 Å². The van der Waals surface area contributed by atoms with Crippen molar-refractivity contribution in [1.82, 2.24) is 0 Å². The third-order valence-electron chi connectivity index (χ3n) is 5.47. The summed E-state index contributed by atoms with van der Waals surface area (Å²) in [5, 5.41) is 0. The van der Waals surface area contributed by atoms with Crippen molar-refractivity contribution in [1.29, 1.82) is 0 Å². The molecule has 0 fully saturated rings. The molecule has 2 aliphatic carbocycles. The number of ketones is 2. The monoisotopic (exact) mass is 460 g/mol. The van der Waals surface area contributed by atoms with E-state index < -0.39 is 11.9 Å². The minimum atomic E-state index is -0.495. The van der Waals surface area contributed by atoms with Gasteiger partial charge in [-0.15, -0.1) is 0 Å². The Morgan fingerprint density at radius 1 is 1.03 bits per heavy atom.